The first-order valence-corrected chi connectivity index (χ1v) is 4.97. The van der Waals surface area contributed by atoms with Crippen LogP contribution in [0.5, 0.6) is 5.75 Å². The summed E-state index contributed by atoms with van der Waals surface area (Å²) in [5.41, 5.74) is -5.12. The van der Waals surface area contributed by atoms with Crippen molar-refractivity contribution in [1.82, 2.24) is 0 Å². The molecule has 1 aromatic rings. The normalized spacial score (nSPS) is 12.2. The number of alkyl halides is 6. The molecule has 0 aliphatic carbocycles. The van der Waals surface area contributed by atoms with E-state index >= 15 is 0 Å². The van der Waals surface area contributed by atoms with Gasteiger partial charge in [0.15, 0.2) is 0 Å². The van der Waals surface area contributed by atoms with Gasteiger partial charge >= 0.3 is 18.3 Å². The van der Waals surface area contributed by atoms with E-state index in [1.165, 1.54) is 0 Å². The lowest BCUT2D eigenvalue weighted by Crippen LogP contribution is -2.21. The fourth-order valence-electron chi connectivity index (χ4n) is 1.50. The number of methoxy groups -OCH3 is 2. The van der Waals surface area contributed by atoms with Gasteiger partial charge in [-0.15, -0.1) is 0 Å². The number of ether oxygens (including phenoxy) is 2. The van der Waals surface area contributed by atoms with Crippen LogP contribution in [0.25, 0.3) is 0 Å². The van der Waals surface area contributed by atoms with Crippen LogP contribution in [0.1, 0.15) is 21.5 Å². The fraction of sp³-hybridized carbons (Fsp3) is 0.364. The Morgan fingerprint density at radius 2 is 1.35 bits per heavy atom. The van der Waals surface area contributed by atoms with E-state index in [9.17, 15) is 31.1 Å². The lowest BCUT2D eigenvalue weighted by molar-refractivity contribution is -0.144. The number of hydrogen-bond donors (Lipinski definition) is 0. The molecule has 0 spiro atoms. The topological polar surface area (TPSA) is 35.5 Å². The predicted molar refractivity (Wildman–Crippen MR) is 54.3 cm³/mol. The van der Waals surface area contributed by atoms with Crippen LogP contribution in [0.4, 0.5) is 26.3 Å². The van der Waals surface area contributed by atoms with E-state index < -0.39 is 40.8 Å². The van der Waals surface area contributed by atoms with Crippen molar-refractivity contribution in [2.75, 3.05) is 14.2 Å². The largest absolute Gasteiger partial charge is 0.497 e. The zero-order valence-electron chi connectivity index (χ0n) is 10.1. The van der Waals surface area contributed by atoms with Crippen LogP contribution in [0.3, 0.4) is 0 Å². The number of halogens is 6. The van der Waals surface area contributed by atoms with Gasteiger partial charge in [0.1, 0.15) is 5.75 Å². The minimum Gasteiger partial charge on any atom is -0.497 e. The Morgan fingerprint density at radius 1 is 0.950 bits per heavy atom. The molecule has 0 amide bonds. The summed E-state index contributed by atoms with van der Waals surface area (Å²) in [7, 11) is 1.60. The molecule has 0 N–H and O–H groups in total. The molecule has 1 aromatic carbocycles. The second-order valence-corrected chi connectivity index (χ2v) is 3.58. The van der Waals surface area contributed by atoms with Gasteiger partial charge in [0, 0.05) is 0 Å². The molecule has 0 radical (unpaired) electrons. The van der Waals surface area contributed by atoms with E-state index in [1.54, 1.807) is 0 Å². The van der Waals surface area contributed by atoms with Crippen molar-refractivity contribution in [3.05, 3.63) is 28.8 Å². The molecule has 0 bridgehead atoms. The molecular formula is C11H8F6O3. The molecule has 3 nitrogen and oxygen atoms in total. The van der Waals surface area contributed by atoms with Crippen molar-refractivity contribution in [2.24, 2.45) is 0 Å². The average Bonchev–Trinajstić information content (AvgIpc) is 2.34. The molecule has 0 atom stereocenters. The second-order valence-electron chi connectivity index (χ2n) is 3.58. The maximum absolute atomic E-state index is 12.8. The van der Waals surface area contributed by atoms with Gasteiger partial charge in [-0.05, 0) is 12.1 Å². The molecule has 0 aromatic heterocycles. The van der Waals surface area contributed by atoms with Gasteiger partial charge in [0.2, 0.25) is 0 Å². The van der Waals surface area contributed by atoms with Gasteiger partial charge < -0.3 is 9.47 Å². The maximum atomic E-state index is 12.8. The minimum absolute atomic E-state index is 0.307. The average molecular weight is 302 g/mol. The molecule has 0 heterocycles. The minimum atomic E-state index is -5.17. The summed E-state index contributed by atoms with van der Waals surface area (Å²) in [6.07, 6.45) is -10.3. The first-order chi connectivity index (χ1) is 9.02. The zero-order valence-corrected chi connectivity index (χ0v) is 10.1. The Balaban J connectivity index is 3.77. The molecular weight excluding hydrogens is 294 g/mol. The van der Waals surface area contributed by atoms with Crippen molar-refractivity contribution < 1.29 is 40.6 Å². The summed E-state index contributed by atoms with van der Waals surface area (Å²) in [5, 5.41) is 0. The number of carbonyl (C=O) groups excluding carboxylic acids is 1. The van der Waals surface area contributed by atoms with Crippen LogP contribution in [-0.2, 0) is 17.1 Å². The molecule has 1 rings (SSSR count). The van der Waals surface area contributed by atoms with Crippen LogP contribution >= 0.6 is 0 Å². The number of esters is 1. The highest BCUT2D eigenvalue weighted by Crippen LogP contribution is 2.42. The van der Waals surface area contributed by atoms with Crippen LogP contribution in [0, 0.1) is 0 Å². The summed E-state index contributed by atoms with van der Waals surface area (Å²) in [5.74, 6) is -2.40. The lowest BCUT2D eigenvalue weighted by Gasteiger charge is -2.18. The smallest absolute Gasteiger partial charge is 0.417 e. The van der Waals surface area contributed by atoms with Crippen LogP contribution in [0.15, 0.2) is 12.1 Å². The van der Waals surface area contributed by atoms with E-state index in [0.717, 1.165) is 7.11 Å². The van der Waals surface area contributed by atoms with Gasteiger partial charge in [-0.3, -0.25) is 0 Å². The van der Waals surface area contributed by atoms with Crippen LogP contribution < -0.4 is 4.74 Å². The molecule has 20 heavy (non-hydrogen) atoms. The summed E-state index contributed by atoms with van der Waals surface area (Å²) in [6, 6.07) is 0.614. The van der Waals surface area contributed by atoms with Gasteiger partial charge in [0.05, 0.1) is 30.9 Å². The van der Waals surface area contributed by atoms with Gasteiger partial charge in [-0.1, -0.05) is 0 Å². The summed E-state index contributed by atoms with van der Waals surface area (Å²) in [6.45, 7) is 0. The first kappa shape index (κ1) is 16.1. The number of benzene rings is 1. The summed E-state index contributed by atoms with van der Waals surface area (Å²) in [4.78, 5) is 11.3. The highest BCUT2D eigenvalue weighted by Gasteiger charge is 2.44. The standard InChI is InChI=1S/C11H8F6O3/c1-19-5-3-6(10(12,13)14)8(9(18)20-2)7(4-5)11(15,16)17/h3-4H,1-2H3. The van der Waals surface area contributed by atoms with Crippen molar-refractivity contribution in [1.29, 1.82) is 0 Å². The zero-order chi connectivity index (χ0) is 15.7. The number of rotatable bonds is 2. The molecule has 0 aliphatic rings. The highest BCUT2D eigenvalue weighted by atomic mass is 19.4. The maximum Gasteiger partial charge on any atom is 0.417 e. The number of hydrogen-bond acceptors (Lipinski definition) is 3. The molecule has 0 unspecified atom stereocenters. The van der Waals surface area contributed by atoms with E-state index in [-0.39, 0.29) is 0 Å². The van der Waals surface area contributed by atoms with E-state index in [4.69, 9.17) is 0 Å². The van der Waals surface area contributed by atoms with Crippen LogP contribution in [0.2, 0.25) is 0 Å². The monoisotopic (exact) mass is 302 g/mol. The Morgan fingerprint density at radius 3 is 1.60 bits per heavy atom. The molecule has 0 aliphatic heterocycles. The molecule has 0 fully saturated rings. The predicted octanol–water partition coefficient (Wildman–Crippen LogP) is 3.52. The van der Waals surface area contributed by atoms with Crippen molar-refractivity contribution >= 4 is 5.97 Å². The molecule has 0 saturated heterocycles. The third kappa shape index (κ3) is 3.14. The lowest BCUT2D eigenvalue weighted by atomic mass is 9.99. The third-order valence-corrected chi connectivity index (χ3v) is 2.35. The Kier molecular flexibility index (Phi) is 4.21. The fourth-order valence-corrected chi connectivity index (χ4v) is 1.50. The van der Waals surface area contributed by atoms with E-state index in [1.807, 2.05) is 0 Å². The van der Waals surface area contributed by atoms with Gasteiger partial charge in [0.25, 0.3) is 0 Å². The van der Waals surface area contributed by atoms with Crippen LogP contribution in [-0.4, -0.2) is 20.2 Å². The molecule has 0 saturated carbocycles. The quantitative estimate of drug-likeness (QED) is 0.619. The summed E-state index contributed by atoms with van der Waals surface area (Å²) >= 11 is 0. The third-order valence-electron chi connectivity index (χ3n) is 2.35. The van der Waals surface area contributed by atoms with Gasteiger partial charge in [-0.2, -0.15) is 26.3 Å². The highest BCUT2D eigenvalue weighted by molar-refractivity contribution is 5.93. The van der Waals surface area contributed by atoms with Crippen molar-refractivity contribution in [2.45, 2.75) is 12.4 Å². The molecule has 112 valence electrons. The summed E-state index contributed by atoms with van der Waals surface area (Å²) < 4.78 is 85.2. The van der Waals surface area contributed by atoms with Crippen molar-refractivity contribution in [3.8, 4) is 5.75 Å². The Hall–Kier alpha value is -1.93. The van der Waals surface area contributed by atoms with E-state index in [0.29, 0.717) is 19.2 Å². The Bertz CT molecular complexity index is 483. The molecule has 9 heteroatoms. The Labute approximate surface area is 109 Å². The van der Waals surface area contributed by atoms with Gasteiger partial charge in [-0.25, -0.2) is 4.79 Å². The SMILES string of the molecule is COC(=O)c1c(C(F)(F)F)cc(OC)cc1C(F)(F)F. The number of carbonyl (C=O) groups is 1. The second kappa shape index (κ2) is 5.22. The van der Waals surface area contributed by atoms with E-state index in [2.05, 4.69) is 9.47 Å². The van der Waals surface area contributed by atoms with Crippen molar-refractivity contribution in [3.63, 3.8) is 0 Å². The first-order valence-electron chi connectivity index (χ1n) is 4.97.